The summed E-state index contributed by atoms with van der Waals surface area (Å²) < 4.78 is 0. The van der Waals surface area contributed by atoms with Crippen molar-refractivity contribution in [2.45, 2.75) is 6.04 Å². The molecule has 0 radical (unpaired) electrons. The summed E-state index contributed by atoms with van der Waals surface area (Å²) in [5.74, 6) is 1.15. The summed E-state index contributed by atoms with van der Waals surface area (Å²) in [5.41, 5.74) is 0. The molecule has 4 nitrogen and oxygen atoms in total. The molecule has 1 N–H and O–H groups in total. The highest BCUT2D eigenvalue weighted by Gasteiger charge is 2.30. The number of nitrogens with one attached hydrogen (secondary N) is 1. The van der Waals surface area contributed by atoms with Gasteiger partial charge < -0.3 is 5.32 Å². The fourth-order valence-electron chi connectivity index (χ4n) is 2.51. The van der Waals surface area contributed by atoms with E-state index in [9.17, 15) is 0 Å². The molecule has 0 spiro atoms. The van der Waals surface area contributed by atoms with Gasteiger partial charge in [0.1, 0.15) is 5.84 Å². The van der Waals surface area contributed by atoms with Crippen LogP contribution in [0.15, 0.2) is 30.3 Å². The van der Waals surface area contributed by atoms with E-state index in [1.165, 1.54) is 0 Å². The Kier molecular flexibility index (Phi) is 4.34. The van der Waals surface area contributed by atoms with Crippen LogP contribution >= 0.6 is 0 Å². The molecule has 2 heterocycles. The molecule has 0 amide bonds. The topological polar surface area (TPSA) is 30.9 Å². The number of rotatable bonds is 5. The molecule has 0 aromatic heterocycles. The summed E-state index contributed by atoms with van der Waals surface area (Å²) in [6, 6.07) is 0.393. The van der Waals surface area contributed by atoms with Crippen LogP contribution in [0.2, 0.25) is 0 Å². The number of hydrogen-bond acceptors (Lipinski definition) is 4. The maximum atomic E-state index is 4.56. The first-order chi connectivity index (χ1) is 8.35. The van der Waals surface area contributed by atoms with Gasteiger partial charge in [0.2, 0.25) is 0 Å². The van der Waals surface area contributed by atoms with Crippen LogP contribution in [0.3, 0.4) is 0 Å². The predicted molar refractivity (Wildman–Crippen MR) is 72.5 cm³/mol. The highest BCUT2D eigenvalue weighted by atomic mass is 15.3. The Morgan fingerprint density at radius 3 is 2.76 bits per heavy atom. The van der Waals surface area contributed by atoms with E-state index in [0.29, 0.717) is 6.04 Å². The number of nitrogens with zero attached hydrogens (tertiary/aromatic N) is 3. The average molecular weight is 234 g/mol. The van der Waals surface area contributed by atoms with E-state index >= 15 is 0 Å². The van der Waals surface area contributed by atoms with Crippen LogP contribution in [0.5, 0.6) is 0 Å². The summed E-state index contributed by atoms with van der Waals surface area (Å²) in [6.07, 6.45) is 3.95. The first-order valence-corrected chi connectivity index (χ1v) is 6.31. The number of aliphatic imine (C=N–C) groups is 1. The van der Waals surface area contributed by atoms with E-state index in [0.717, 1.165) is 51.6 Å². The maximum absolute atomic E-state index is 4.56. The summed E-state index contributed by atoms with van der Waals surface area (Å²) in [6.45, 7) is 14.7. The van der Waals surface area contributed by atoms with Crippen molar-refractivity contribution in [2.24, 2.45) is 4.99 Å². The second kappa shape index (κ2) is 5.98. The molecule has 2 aliphatic heterocycles. The lowest BCUT2D eigenvalue weighted by Crippen LogP contribution is -2.58. The van der Waals surface area contributed by atoms with Gasteiger partial charge in [-0.2, -0.15) is 0 Å². The minimum Gasteiger partial charge on any atom is -0.371 e. The van der Waals surface area contributed by atoms with Gasteiger partial charge >= 0.3 is 0 Å². The lowest BCUT2D eigenvalue weighted by Gasteiger charge is -2.40. The summed E-state index contributed by atoms with van der Waals surface area (Å²) in [7, 11) is 0. The molecular formula is C13H22N4. The van der Waals surface area contributed by atoms with Gasteiger partial charge in [-0.25, -0.2) is 0 Å². The molecule has 0 aromatic carbocycles. The largest absolute Gasteiger partial charge is 0.371 e. The molecule has 94 valence electrons. The van der Waals surface area contributed by atoms with Crippen molar-refractivity contribution in [3.63, 3.8) is 0 Å². The van der Waals surface area contributed by atoms with Crippen LogP contribution in [0, 0.1) is 0 Å². The molecular weight excluding hydrogens is 212 g/mol. The first-order valence-electron chi connectivity index (χ1n) is 6.31. The SMILES string of the molecule is C=CCN1CCN(CC=C)[C@H](C2=NCCN2)C1. The smallest absolute Gasteiger partial charge is 0.115 e. The minimum absolute atomic E-state index is 0.393. The zero-order chi connectivity index (χ0) is 12.1. The molecule has 1 atom stereocenters. The van der Waals surface area contributed by atoms with Crippen LogP contribution in [0.4, 0.5) is 0 Å². The maximum Gasteiger partial charge on any atom is 0.115 e. The zero-order valence-electron chi connectivity index (χ0n) is 10.4. The number of hydrogen-bond donors (Lipinski definition) is 1. The summed E-state index contributed by atoms with van der Waals surface area (Å²) in [4.78, 5) is 9.44. The Bertz CT molecular complexity index is 311. The second-order valence-electron chi connectivity index (χ2n) is 4.54. The molecule has 0 aliphatic carbocycles. The van der Waals surface area contributed by atoms with Gasteiger partial charge in [0.15, 0.2) is 0 Å². The third-order valence-electron chi connectivity index (χ3n) is 3.34. The molecule has 0 unspecified atom stereocenters. The van der Waals surface area contributed by atoms with E-state index in [1.807, 2.05) is 12.2 Å². The van der Waals surface area contributed by atoms with Crippen molar-refractivity contribution >= 4 is 5.84 Å². The van der Waals surface area contributed by atoms with Crippen LogP contribution < -0.4 is 5.32 Å². The van der Waals surface area contributed by atoms with Gasteiger partial charge in [-0.3, -0.25) is 14.8 Å². The molecule has 2 rings (SSSR count). The predicted octanol–water partition coefficient (Wildman–Crippen LogP) is 0.346. The van der Waals surface area contributed by atoms with Crippen molar-refractivity contribution in [1.82, 2.24) is 15.1 Å². The normalized spacial score (nSPS) is 26.4. The quantitative estimate of drug-likeness (QED) is 0.696. The lowest BCUT2D eigenvalue weighted by molar-refractivity contribution is 0.124. The van der Waals surface area contributed by atoms with E-state index in [4.69, 9.17) is 0 Å². The van der Waals surface area contributed by atoms with Crippen LogP contribution in [0.25, 0.3) is 0 Å². The van der Waals surface area contributed by atoms with Gasteiger partial charge in [0.25, 0.3) is 0 Å². The van der Waals surface area contributed by atoms with Gasteiger partial charge in [0, 0.05) is 39.3 Å². The van der Waals surface area contributed by atoms with E-state index in [2.05, 4.69) is 33.3 Å². The van der Waals surface area contributed by atoms with Crippen LogP contribution in [0.1, 0.15) is 0 Å². The minimum atomic E-state index is 0.393. The van der Waals surface area contributed by atoms with Crippen molar-refractivity contribution in [1.29, 1.82) is 0 Å². The molecule has 4 heteroatoms. The Balaban J connectivity index is 2.03. The van der Waals surface area contributed by atoms with Crippen molar-refractivity contribution in [3.05, 3.63) is 25.3 Å². The third-order valence-corrected chi connectivity index (χ3v) is 3.34. The average Bonchev–Trinajstić information content (AvgIpc) is 2.85. The van der Waals surface area contributed by atoms with Gasteiger partial charge in [0.05, 0.1) is 12.6 Å². The number of piperazine rings is 1. The van der Waals surface area contributed by atoms with Crippen LogP contribution in [-0.4, -0.2) is 67.5 Å². The molecule has 2 aliphatic rings. The Morgan fingerprint density at radius 1 is 1.29 bits per heavy atom. The number of amidine groups is 1. The molecule has 1 saturated heterocycles. The van der Waals surface area contributed by atoms with Crippen LogP contribution in [-0.2, 0) is 0 Å². The van der Waals surface area contributed by atoms with Crippen molar-refractivity contribution in [2.75, 3.05) is 45.8 Å². The summed E-state index contributed by atoms with van der Waals surface area (Å²) in [5, 5.41) is 3.40. The summed E-state index contributed by atoms with van der Waals surface area (Å²) >= 11 is 0. The Hall–Kier alpha value is -1.13. The van der Waals surface area contributed by atoms with E-state index in [-0.39, 0.29) is 0 Å². The van der Waals surface area contributed by atoms with E-state index < -0.39 is 0 Å². The fourth-order valence-corrected chi connectivity index (χ4v) is 2.51. The molecule has 0 bridgehead atoms. The molecule has 0 aromatic rings. The van der Waals surface area contributed by atoms with Gasteiger partial charge in [-0.05, 0) is 0 Å². The zero-order valence-corrected chi connectivity index (χ0v) is 10.4. The Morgan fingerprint density at radius 2 is 2.12 bits per heavy atom. The fraction of sp³-hybridized carbons (Fsp3) is 0.615. The highest BCUT2D eigenvalue weighted by Crippen LogP contribution is 2.12. The molecule has 0 saturated carbocycles. The van der Waals surface area contributed by atoms with Crippen molar-refractivity contribution < 1.29 is 0 Å². The van der Waals surface area contributed by atoms with E-state index in [1.54, 1.807) is 0 Å². The first kappa shape index (κ1) is 12.3. The Labute approximate surface area is 104 Å². The third kappa shape index (κ3) is 2.96. The van der Waals surface area contributed by atoms with Gasteiger partial charge in [-0.1, -0.05) is 12.2 Å². The lowest BCUT2D eigenvalue weighted by atomic mass is 10.1. The second-order valence-corrected chi connectivity index (χ2v) is 4.54. The molecule has 17 heavy (non-hydrogen) atoms. The highest BCUT2D eigenvalue weighted by molar-refractivity contribution is 5.89. The standard InChI is InChI=1S/C13H22N4/c1-3-7-16-9-10-17(8-4-2)12(11-16)13-14-5-6-15-13/h3-4,12H,1-2,5-11H2,(H,14,15)/t12-/m0/s1. The monoisotopic (exact) mass is 234 g/mol. The van der Waals surface area contributed by atoms with Crippen molar-refractivity contribution in [3.8, 4) is 0 Å². The molecule has 1 fully saturated rings. The van der Waals surface area contributed by atoms with Gasteiger partial charge in [-0.15, -0.1) is 13.2 Å².